The van der Waals surface area contributed by atoms with Gasteiger partial charge in [-0.05, 0) is 45.6 Å². The standard InChI is InChI=1S/C11H16BrNO2S2/c1-11(2)5-3-6-13(8-11)17(14,15)10-9(12)4-7-16-10/h4,7H,3,5-6,8H2,1-2H3. The fourth-order valence-electron chi connectivity index (χ4n) is 2.16. The Bertz CT molecular complexity index is 507. The Hall–Kier alpha value is 0.0900. The van der Waals surface area contributed by atoms with Crippen LogP contribution in [0, 0.1) is 5.41 Å². The topological polar surface area (TPSA) is 37.4 Å². The molecule has 1 aliphatic heterocycles. The van der Waals surface area contributed by atoms with Crippen molar-refractivity contribution >= 4 is 37.3 Å². The molecular formula is C11H16BrNO2S2. The quantitative estimate of drug-likeness (QED) is 0.830. The fraction of sp³-hybridized carbons (Fsp3) is 0.636. The zero-order valence-electron chi connectivity index (χ0n) is 9.94. The van der Waals surface area contributed by atoms with Crippen LogP contribution in [0.5, 0.6) is 0 Å². The molecular weight excluding hydrogens is 322 g/mol. The van der Waals surface area contributed by atoms with Crippen molar-refractivity contribution in [3.05, 3.63) is 15.9 Å². The van der Waals surface area contributed by atoms with E-state index < -0.39 is 10.0 Å². The summed E-state index contributed by atoms with van der Waals surface area (Å²) in [6.07, 6.45) is 2.03. The molecule has 0 atom stereocenters. The monoisotopic (exact) mass is 337 g/mol. The first kappa shape index (κ1) is 13.5. The second-order valence-electron chi connectivity index (χ2n) is 5.16. The van der Waals surface area contributed by atoms with Gasteiger partial charge in [0, 0.05) is 17.6 Å². The lowest BCUT2D eigenvalue weighted by Gasteiger charge is -2.36. The van der Waals surface area contributed by atoms with E-state index in [0.717, 1.165) is 12.8 Å². The van der Waals surface area contributed by atoms with E-state index in [9.17, 15) is 8.42 Å². The second kappa shape index (κ2) is 4.64. The highest BCUT2D eigenvalue weighted by atomic mass is 79.9. The van der Waals surface area contributed by atoms with Gasteiger partial charge < -0.3 is 0 Å². The van der Waals surface area contributed by atoms with E-state index in [2.05, 4.69) is 29.8 Å². The van der Waals surface area contributed by atoms with Crippen molar-refractivity contribution in [2.75, 3.05) is 13.1 Å². The van der Waals surface area contributed by atoms with Crippen LogP contribution in [0.3, 0.4) is 0 Å². The van der Waals surface area contributed by atoms with Gasteiger partial charge in [0.1, 0.15) is 4.21 Å². The van der Waals surface area contributed by atoms with Crippen LogP contribution < -0.4 is 0 Å². The molecule has 0 N–H and O–H groups in total. The molecule has 0 unspecified atom stereocenters. The number of rotatable bonds is 2. The first-order chi connectivity index (χ1) is 7.83. The van der Waals surface area contributed by atoms with Crippen LogP contribution in [-0.2, 0) is 10.0 Å². The highest BCUT2D eigenvalue weighted by molar-refractivity contribution is 9.10. The molecule has 1 aromatic rings. The van der Waals surface area contributed by atoms with Gasteiger partial charge in [-0.15, -0.1) is 11.3 Å². The van der Waals surface area contributed by atoms with Crippen LogP contribution in [0.1, 0.15) is 26.7 Å². The molecule has 17 heavy (non-hydrogen) atoms. The number of piperidine rings is 1. The molecule has 2 rings (SSSR count). The Morgan fingerprint density at radius 3 is 2.71 bits per heavy atom. The van der Waals surface area contributed by atoms with Crippen LogP contribution in [0.4, 0.5) is 0 Å². The largest absolute Gasteiger partial charge is 0.253 e. The lowest BCUT2D eigenvalue weighted by atomic mass is 9.85. The smallest absolute Gasteiger partial charge is 0.206 e. The van der Waals surface area contributed by atoms with Gasteiger partial charge in [-0.1, -0.05) is 13.8 Å². The summed E-state index contributed by atoms with van der Waals surface area (Å²) in [5.74, 6) is 0. The second-order valence-corrected chi connectivity index (χ2v) is 9.07. The van der Waals surface area contributed by atoms with Gasteiger partial charge in [-0.25, -0.2) is 8.42 Å². The van der Waals surface area contributed by atoms with Crippen molar-refractivity contribution in [1.29, 1.82) is 0 Å². The summed E-state index contributed by atoms with van der Waals surface area (Å²) in [5, 5.41) is 1.80. The number of halogens is 1. The normalized spacial score (nSPS) is 21.6. The first-order valence-electron chi connectivity index (χ1n) is 5.56. The Kier molecular flexibility index (Phi) is 3.69. The third-order valence-corrected chi connectivity index (χ3v) is 7.52. The zero-order valence-corrected chi connectivity index (χ0v) is 13.2. The van der Waals surface area contributed by atoms with Gasteiger partial charge >= 0.3 is 0 Å². The Morgan fingerprint density at radius 2 is 2.18 bits per heavy atom. The maximum atomic E-state index is 12.5. The SMILES string of the molecule is CC1(C)CCCN(S(=O)(=O)c2sccc2Br)C1. The summed E-state index contributed by atoms with van der Waals surface area (Å²) in [6.45, 7) is 5.49. The van der Waals surface area contributed by atoms with Gasteiger partial charge in [0.15, 0.2) is 0 Å². The molecule has 6 heteroatoms. The van der Waals surface area contributed by atoms with E-state index in [1.54, 1.807) is 15.8 Å². The van der Waals surface area contributed by atoms with Crippen LogP contribution in [-0.4, -0.2) is 25.8 Å². The first-order valence-corrected chi connectivity index (χ1v) is 8.67. The molecule has 1 saturated heterocycles. The number of sulfonamides is 1. The minimum atomic E-state index is -3.32. The Morgan fingerprint density at radius 1 is 1.47 bits per heavy atom. The van der Waals surface area contributed by atoms with Gasteiger partial charge in [0.2, 0.25) is 0 Å². The molecule has 0 spiro atoms. The molecule has 0 bridgehead atoms. The van der Waals surface area contributed by atoms with E-state index >= 15 is 0 Å². The van der Waals surface area contributed by atoms with E-state index in [-0.39, 0.29) is 5.41 Å². The van der Waals surface area contributed by atoms with E-state index in [1.165, 1.54) is 11.3 Å². The third kappa shape index (κ3) is 2.75. The maximum absolute atomic E-state index is 12.5. The molecule has 1 fully saturated rings. The van der Waals surface area contributed by atoms with E-state index in [1.807, 2.05) is 0 Å². The molecule has 1 aliphatic rings. The van der Waals surface area contributed by atoms with Gasteiger partial charge in [0.05, 0.1) is 0 Å². The van der Waals surface area contributed by atoms with Crippen molar-refractivity contribution in [1.82, 2.24) is 4.31 Å². The lowest BCUT2D eigenvalue weighted by molar-refractivity contribution is 0.187. The average molecular weight is 338 g/mol. The minimum Gasteiger partial charge on any atom is -0.206 e. The predicted octanol–water partition coefficient (Wildman–Crippen LogP) is 3.32. The molecule has 0 amide bonds. The van der Waals surface area contributed by atoms with Crippen LogP contribution in [0.2, 0.25) is 0 Å². The molecule has 0 aromatic carbocycles. The van der Waals surface area contributed by atoms with E-state index in [0.29, 0.717) is 21.8 Å². The van der Waals surface area contributed by atoms with E-state index in [4.69, 9.17) is 0 Å². The summed E-state index contributed by atoms with van der Waals surface area (Å²) < 4.78 is 27.6. The third-order valence-electron chi connectivity index (χ3n) is 3.02. The predicted molar refractivity (Wildman–Crippen MR) is 73.8 cm³/mol. The fourth-order valence-corrected chi connectivity index (χ4v) is 6.27. The van der Waals surface area contributed by atoms with Crippen LogP contribution in [0.25, 0.3) is 0 Å². The summed E-state index contributed by atoms with van der Waals surface area (Å²) in [5.41, 5.74) is 0.0784. The summed E-state index contributed by atoms with van der Waals surface area (Å²) >= 11 is 4.58. The lowest BCUT2D eigenvalue weighted by Crippen LogP contribution is -2.43. The minimum absolute atomic E-state index is 0.0784. The van der Waals surface area contributed by atoms with Crippen LogP contribution >= 0.6 is 27.3 Å². The Balaban J connectivity index is 2.31. The van der Waals surface area contributed by atoms with Gasteiger partial charge in [-0.2, -0.15) is 4.31 Å². The number of nitrogens with zero attached hydrogens (tertiary/aromatic N) is 1. The van der Waals surface area contributed by atoms with Crippen molar-refractivity contribution in [3.63, 3.8) is 0 Å². The average Bonchev–Trinajstić information content (AvgIpc) is 2.63. The highest BCUT2D eigenvalue weighted by Crippen LogP contribution is 2.35. The van der Waals surface area contributed by atoms with Gasteiger partial charge in [-0.3, -0.25) is 0 Å². The van der Waals surface area contributed by atoms with Crippen molar-refractivity contribution < 1.29 is 8.42 Å². The molecule has 96 valence electrons. The highest BCUT2D eigenvalue weighted by Gasteiger charge is 2.35. The van der Waals surface area contributed by atoms with Crippen molar-refractivity contribution in [2.45, 2.75) is 30.9 Å². The molecule has 0 radical (unpaired) electrons. The summed E-state index contributed by atoms with van der Waals surface area (Å²) in [6, 6.07) is 1.78. The number of hydrogen-bond donors (Lipinski definition) is 0. The summed E-state index contributed by atoms with van der Waals surface area (Å²) in [7, 11) is -3.32. The van der Waals surface area contributed by atoms with Crippen LogP contribution in [0.15, 0.2) is 20.1 Å². The number of thiophene rings is 1. The number of hydrogen-bond acceptors (Lipinski definition) is 3. The van der Waals surface area contributed by atoms with Crippen molar-refractivity contribution in [2.24, 2.45) is 5.41 Å². The van der Waals surface area contributed by atoms with Crippen molar-refractivity contribution in [3.8, 4) is 0 Å². The maximum Gasteiger partial charge on any atom is 0.253 e. The summed E-state index contributed by atoms with van der Waals surface area (Å²) in [4.78, 5) is 0. The molecule has 2 heterocycles. The molecule has 0 aliphatic carbocycles. The van der Waals surface area contributed by atoms with Gasteiger partial charge in [0.25, 0.3) is 10.0 Å². The molecule has 0 saturated carbocycles. The molecule has 1 aromatic heterocycles. The molecule has 3 nitrogen and oxygen atoms in total. The Labute approximate surface area is 115 Å². The zero-order chi connectivity index (χ0) is 12.7.